The van der Waals surface area contributed by atoms with E-state index < -0.39 is 5.82 Å². The molecular weight excluding hydrogens is 127 g/mol. The Kier molecular flexibility index (Phi) is 1.49. The van der Waals surface area contributed by atoms with Gasteiger partial charge in [-0.15, -0.1) is 0 Å². The minimum Gasteiger partial charge on any atom is -0.205 e. The quantitative estimate of drug-likeness (QED) is 0.502. The summed E-state index contributed by atoms with van der Waals surface area (Å²) in [6, 6.07) is 7.65. The molecule has 0 aliphatic carbocycles. The highest BCUT2D eigenvalue weighted by atomic mass is 35.5. The van der Waals surface area contributed by atoms with Gasteiger partial charge in [0.25, 0.3) is 0 Å². The van der Waals surface area contributed by atoms with E-state index in [2.05, 4.69) is 12.1 Å². The molecule has 2 radical (unpaired) electrons. The van der Waals surface area contributed by atoms with Crippen LogP contribution < -0.4 is 0 Å². The molecule has 1 rings (SSSR count). The summed E-state index contributed by atoms with van der Waals surface area (Å²) in [5.41, 5.74) is 0. The summed E-state index contributed by atoms with van der Waals surface area (Å²) < 4.78 is 12.1. The first-order valence-corrected chi connectivity index (χ1v) is 2.42. The summed E-state index contributed by atoms with van der Waals surface area (Å²) in [6.07, 6.45) is 0. The third-order valence-corrected chi connectivity index (χ3v) is 0.971. The lowest BCUT2D eigenvalue weighted by Crippen LogP contribution is -1.72. The lowest BCUT2D eigenvalue weighted by atomic mass is 10.4. The molecule has 0 heterocycles. The Hall–Kier alpha value is -0.560. The van der Waals surface area contributed by atoms with Crippen LogP contribution in [0.15, 0.2) is 12.1 Å². The van der Waals surface area contributed by atoms with Gasteiger partial charge in [-0.05, 0) is 0 Å². The fourth-order valence-electron chi connectivity index (χ4n) is 0.356. The van der Waals surface area contributed by atoms with E-state index in [9.17, 15) is 4.39 Å². The van der Waals surface area contributed by atoms with Crippen molar-refractivity contribution in [1.29, 1.82) is 0 Å². The van der Waals surface area contributed by atoms with E-state index in [1.54, 1.807) is 0 Å². The summed E-state index contributed by atoms with van der Waals surface area (Å²) >= 11 is 5.25. The van der Waals surface area contributed by atoms with Gasteiger partial charge in [0.05, 0.1) is 5.02 Å². The van der Waals surface area contributed by atoms with Gasteiger partial charge in [-0.2, -0.15) is 0 Å². The third-order valence-electron chi connectivity index (χ3n) is 0.696. The highest BCUT2D eigenvalue weighted by Gasteiger charge is 1.92. The van der Waals surface area contributed by atoms with Crippen molar-refractivity contribution in [2.24, 2.45) is 0 Å². The molecule has 2 heteroatoms. The molecule has 0 aliphatic rings. The average molecular weight is 129 g/mol. The highest BCUT2D eigenvalue weighted by Crippen LogP contribution is 2.09. The second-order valence-corrected chi connectivity index (χ2v) is 1.63. The molecule has 1 aromatic carbocycles. The van der Waals surface area contributed by atoms with Gasteiger partial charge in [-0.25, -0.2) is 4.39 Å². The topological polar surface area (TPSA) is 0 Å². The molecule has 0 atom stereocenters. The summed E-state index contributed by atoms with van der Waals surface area (Å²) in [5, 5.41) is -0.00694. The number of hydrogen-bond acceptors (Lipinski definition) is 0. The van der Waals surface area contributed by atoms with Crippen LogP contribution in [0.1, 0.15) is 0 Å². The molecule has 1 aromatic rings. The van der Waals surface area contributed by atoms with E-state index in [0.717, 1.165) is 0 Å². The first-order chi connectivity index (χ1) is 3.80. The Morgan fingerprint density at radius 2 is 2.00 bits per heavy atom. The van der Waals surface area contributed by atoms with E-state index >= 15 is 0 Å². The first kappa shape index (κ1) is 5.57. The Labute approximate surface area is 51.9 Å². The Bertz CT molecular complexity index is 165. The van der Waals surface area contributed by atoms with E-state index in [1.165, 1.54) is 12.1 Å². The number of benzene rings is 1. The number of rotatable bonds is 0. The van der Waals surface area contributed by atoms with Crippen LogP contribution in [-0.2, 0) is 0 Å². The highest BCUT2D eigenvalue weighted by molar-refractivity contribution is 6.30. The number of hydrogen-bond donors (Lipinski definition) is 0. The minimum absolute atomic E-state index is 0.00694. The van der Waals surface area contributed by atoms with Crippen molar-refractivity contribution in [2.45, 2.75) is 0 Å². The van der Waals surface area contributed by atoms with Crippen molar-refractivity contribution >= 4 is 11.6 Å². The van der Waals surface area contributed by atoms with Crippen molar-refractivity contribution in [3.63, 3.8) is 0 Å². The predicted molar refractivity (Wildman–Crippen MR) is 29.1 cm³/mol. The van der Waals surface area contributed by atoms with Crippen LogP contribution >= 0.6 is 11.6 Å². The molecule has 0 unspecified atom stereocenters. The van der Waals surface area contributed by atoms with Gasteiger partial charge in [0.1, 0.15) is 5.82 Å². The number of halogens is 2. The Morgan fingerprint density at radius 3 is 2.38 bits per heavy atom. The van der Waals surface area contributed by atoms with Gasteiger partial charge in [-0.3, -0.25) is 0 Å². The summed E-state index contributed by atoms with van der Waals surface area (Å²) in [5.74, 6) is -0.547. The molecular formula is C6H2ClF. The predicted octanol–water partition coefficient (Wildman–Crippen LogP) is 2.08. The standard InChI is InChI=1S/C6H2ClF/c7-5-3-1-2-4-6(5)8/h1-2H. The molecule has 8 heavy (non-hydrogen) atoms. The largest absolute Gasteiger partial charge is 0.205 e. The molecule has 0 bridgehead atoms. The second kappa shape index (κ2) is 2.14. The van der Waals surface area contributed by atoms with Gasteiger partial charge in [0, 0.05) is 12.1 Å². The maximum atomic E-state index is 12.1. The van der Waals surface area contributed by atoms with Gasteiger partial charge in [0.2, 0.25) is 0 Å². The van der Waals surface area contributed by atoms with Crippen molar-refractivity contribution in [1.82, 2.24) is 0 Å². The molecule has 0 fully saturated rings. The zero-order chi connectivity index (χ0) is 5.98. The lowest BCUT2D eigenvalue weighted by molar-refractivity contribution is 0.626. The van der Waals surface area contributed by atoms with Gasteiger partial charge in [-0.1, -0.05) is 23.7 Å². The van der Waals surface area contributed by atoms with E-state index in [1.807, 2.05) is 0 Å². The van der Waals surface area contributed by atoms with Gasteiger partial charge in [0.15, 0.2) is 0 Å². The van der Waals surface area contributed by atoms with Gasteiger partial charge < -0.3 is 0 Å². The molecule has 0 saturated heterocycles. The van der Waals surface area contributed by atoms with Crippen LogP contribution in [0, 0.1) is 17.9 Å². The fourth-order valence-corrected chi connectivity index (χ4v) is 0.474. The zero-order valence-corrected chi connectivity index (χ0v) is 4.67. The third kappa shape index (κ3) is 0.984. The molecule has 40 valence electrons. The van der Waals surface area contributed by atoms with Crippen LogP contribution in [0.25, 0.3) is 0 Å². The van der Waals surface area contributed by atoms with E-state index in [-0.39, 0.29) is 5.02 Å². The van der Waals surface area contributed by atoms with Crippen LogP contribution in [-0.4, -0.2) is 0 Å². The van der Waals surface area contributed by atoms with Crippen LogP contribution in [0.3, 0.4) is 0 Å². The lowest BCUT2D eigenvalue weighted by Gasteiger charge is -1.85. The fraction of sp³-hybridized carbons (Fsp3) is 0. The Morgan fingerprint density at radius 1 is 1.38 bits per heavy atom. The molecule has 0 aromatic heterocycles. The molecule has 0 nitrogen and oxygen atoms in total. The Balaban J connectivity index is 3.13. The molecule has 0 amide bonds. The normalized spacial score (nSPS) is 9.25. The average Bonchev–Trinajstić information content (AvgIpc) is 1.77. The van der Waals surface area contributed by atoms with Gasteiger partial charge >= 0.3 is 0 Å². The molecule has 0 saturated carbocycles. The van der Waals surface area contributed by atoms with Crippen molar-refractivity contribution in [2.75, 3.05) is 0 Å². The molecule has 0 spiro atoms. The van der Waals surface area contributed by atoms with Crippen molar-refractivity contribution in [3.8, 4) is 0 Å². The molecule has 0 aliphatic heterocycles. The monoisotopic (exact) mass is 128 g/mol. The summed E-state index contributed by atoms with van der Waals surface area (Å²) in [4.78, 5) is 0. The van der Waals surface area contributed by atoms with Crippen molar-refractivity contribution < 1.29 is 4.39 Å². The molecule has 0 N–H and O–H groups in total. The van der Waals surface area contributed by atoms with Crippen LogP contribution in [0.4, 0.5) is 4.39 Å². The maximum Gasteiger partial charge on any atom is 0.150 e. The first-order valence-electron chi connectivity index (χ1n) is 2.04. The van der Waals surface area contributed by atoms with E-state index in [4.69, 9.17) is 11.6 Å². The van der Waals surface area contributed by atoms with Crippen LogP contribution in [0.5, 0.6) is 0 Å². The zero-order valence-electron chi connectivity index (χ0n) is 3.91. The minimum atomic E-state index is -0.547. The summed E-state index contributed by atoms with van der Waals surface area (Å²) in [7, 11) is 0. The second-order valence-electron chi connectivity index (χ2n) is 1.25. The maximum absolute atomic E-state index is 12.1. The van der Waals surface area contributed by atoms with Crippen molar-refractivity contribution in [3.05, 3.63) is 35.1 Å². The smallest absolute Gasteiger partial charge is 0.150 e. The van der Waals surface area contributed by atoms with Crippen LogP contribution in [0.2, 0.25) is 5.02 Å². The van der Waals surface area contributed by atoms with E-state index in [0.29, 0.717) is 0 Å². The SMILES string of the molecule is Fc1[c]cc[c]c1Cl. The summed E-state index contributed by atoms with van der Waals surface area (Å²) in [6.45, 7) is 0.